The number of methoxy groups -OCH3 is 1. The molecule has 1 rings (SSSR count). The van der Waals surface area contributed by atoms with Gasteiger partial charge in [0.2, 0.25) is 0 Å². The van der Waals surface area contributed by atoms with E-state index >= 15 is 0 Å². The summed E-state index contributed by atoms with van der Waals surface area (Å²) in [5.74, 6) is -0.373. The summed E-state index contributed by atoms with van der Waals surface area (Å²) in [6.07, 6.45) is 1.41. The first-order valence-electron chi connectivity index (χ1n) is 3.98. The Kier molecular flexibility index (Phi) is 2.85. The average Bonchev–Trinajstić information content (AvgIpc) is 2.15. The van der Waals surface area contributed by atoms with Gasteiger partial charge in [-0.15, -0.1) is 0 Å². The minimum Gasteiger partial charge on any atom is -0.467 e. The molecule has 0 saturated carbocycles. The van der Waals surface area contributed by atoms with Crippen molar-refractivity contribution in [2.24, 2.45) is 0 Å². The minimum absolute atomic E-state index is 0.128. The van der Waals surface area contributed by atoms with E-state index in [1.54, 1.807) is 6.92 Å². The van der Waals surface area contributed by atoms with Gasteiger partial charge in [0.15, 0.2) is 0 Å². The Hall–Kier alpha value is -1.85. The van der Waals surface area contributed by atoms with E-state index in [-0.39, 0.29) is 5.82 Å². The number of hydrogen-bond donors (Lipinski definition) is 1. The largest absolute Gasteiger partial charge is 0.467 e. The summed E-state index contributed by atoms with van der Waals surface area (Å²) in [6, 6.07) is 0.751. The van der Waals surface area contributed by atoms with Crippen LogP contribution in [0, 0.1) is 0 Å². The monoisotopic (exact) mass is 197 g/mol. The van der Waals surface area contributed by atoms with Gasteiger partial charge in [0, 0.05) is 6.20 Å². The molecule has 0 saturated heterocycles. The second kappa shape index (κ2) is 3.91. The molecule has 2 N–H and O–H groups in total. The summed E-state index contributed by atoms with van der Waals surface area (Å²) in [6.45, 7) is 1.55. The standard InChI is InChI=1S/C8H11N3O3/c1-5(7(12)14-2)11-4-3-6(9)10-8(11)13/h3-5H,1-2H3,(H2,9,10,13). The zero-order valence-corrected chi connectivity index (χ0v) is 7.93. The van der Waals surface area contributed by atoms with Gasteiger partial charge in [-0.25, -0.2) is 9.59 Å². The summed E-state index contributed by atoms with van der Waals surface area (Å²) in [7, 11) is 1.26. The number of esters is 1. The number of carbonyl (C=O) groups excluding carboxylic acids is 1. The number of nitrogen functional groups attached to an aromatic ring is 1. The van der Waals surface area contributed by atoms with E-state index in [1.165, 1.54) is 19.4 Å². The minimum atomic E-state index is -0.694. The lowest BCUT2D eigenvalue weighted by Gasteiger charge is -2.11. The molecule has 1 heterocycles. The van der Waals surface area contributed by atoms with E-state index in [9.17, 15) is 9.59 Å². The number of nitrogens with two attached hydrogens (primary N) is 1. The van der Waals surface area contributed by atoms with Crippen LogP contribution >= 0.6 is 0 Å². The number of hydrogen-bond acceptors (Lipinski definition) is 5. The Labute approximate surface area is 80.3 Å². The molecule has 0 aliphatic heterocycles. The molecule has 0 fully saturated rings. The predicted octanol–water partition coefficient (Wildman–Crippen LogP) is -0.441. The van der Waals surface area contributed by atoms with E-state index < -0.39 is 17.7 Å². The van der Waals surface area contributed by atoms with Crippen LogP contribution in [0.4, 0.5) is 5.82 Å². The summed E-state index contributed by atoms with van der Waals surface area (Å²) >= 11 is 0. The number of ether oxygens (including phenoxy) is 1. The number of rotatable bonds is 2. The first kappa shape index (κ1) is 10.2. The Bertz CT molecular complexity index is 399. The summed E-state index contributed by atoms with van der Waals surface area (Å²) in [5, 5.41) is 0. The highest BCUT2D eigenvalue weighted by atomic mass is 16.5. The van der Waals surface area contributed by atoms with Crippen LogP contribution in [0.3, 0.4) is 0 Å². The van der Waals surface area contributed by atoms with Gasteiger partial charge in [-0.05, 0) is 13.0 Å². The van der Waals surface area contributed by atoms with Crippen LogP contribution < -0.4 is 11.4 Å². The Balaban J connectivity index is 3.08. The van der Waals surface area contributed by atoms with E-state index in [1.807, 2.05) is 0 Å². The van der Waals surface area contributed by atoms with Crippen LogP contribution in [0.25, 0.3) is 0 Å². The molecule has 1 aromatic rings. The molecule has 0 aliphatic carbocycles. The average molecular weight is 197 g/mol. The maximum atomic E-state index is 11.3. The lowest BCUT2D eigenvalue weighted by Crippen LogP contribution is -2.30. The van der Waals surface area contributed by atoms with Crippen molar-refractivity contribution in [3.8, 4) is 0 Å². The maximum Gasteiger partial charge on any atom is 0.350 e. The first-order valence-corrected chi connectivity index (χ1v) is 3.98. The highest BCUT2D eigenvalue weighted by molar-refractivity contribution is 5.73. The molecule has 1 unspecified atom stereocenters. The molecule has 0 amide bonds. The zero-order valence-electron chi connectivity index (χ0n) is 7.93. The van der Waals surface area contributed by atoms with E-state index in [2.05, 4.69) is 9.72 Å². The molecule has 0 aliphatic rings. The number of nitrogens with zero attached hydrogens (tertiary/aromatic N) is 2. The van der Waals surface area contributed by atoms with Crippen molar-refractivity contribution >= 4 is 11.8 Å². The van der Waals surface area contributed by atoms with E-state index in [0.29, 0.717) is 0 Å². The third kappa shape index (κ3) is 1.90. The summed E-state index contributed by atoms with van der Waals surface area (Å²) < 4.78 is 5.65. The molecule has 6 nitrogen and oxygen atoms in total. The van der Waals surface area contributed by atoms with Crippen molar-refractivity contribution < 1.29 is 9.53 Å². The van der Waals surface area contributed by atoms with Crippen LogP contribution in [0.15, 0.2) is 17.1 Å². The van der Waals surface area contributed by atoms with Crippen molar-refractivity contribution in [1.29, 1.82) is 0 Å². The molecule has 0 radical (unpaired) electrons. The molecule has 6 heteroatoms. The maximum absolute atomic E-state index is 11.3. The van der Waals surface area contributed by atoms with Crippen LogP contribution in [-0.2, 0) is 9.53 Å². The van der Waals surface area contributed by atoms with Crippen LogP contribution in [0.2, 0.25) is 0 Å². The summed E-state index contributed by atoms with van der Waals surface area (Å²) in [4.78, 5) is 25.9. The van der Waals surface area contributed by atoms with E-state index in [0.717, 1.165) is 4.57 Å². The molecular weight excluding hydrogens is 186 g/mol. The Morgan fingerprint density at radius 1 is 1.71 bits per heavy atom. The van der Waals surface area contributed by atoms with Crippen LogP contribution in [0.1, 0.15) is 13.0 Å². The smallest absolute Gasteiger partial charge is 0.350 e. The molecular formula is C8H11N3O3. The third-order valence-electron chi connectivity index (χ3n) is 1.81. The highest BCUT2D eigenvalue weighted by Gasteiger charge is 2.16. The highest BCUT2D eigenvalue weighted by Crippen LogP contribution is 2.03. The van der Waals surface area contributed by atoms with E-state index in [4.69, 9.17) is 5.73 Å². The van der Waals surface area contributed by atoms with Crippen LogP contribution in [0.5, 0.6) is 0 Å². The van der Waals surface area contributed by atoms with Gasteiger partial charge >= 0.3 is 11.7 Å². The fourth-order valence-corrected chi connectivity index (χ4v) is 1.00. The number of anilines is 1. The molecule has 0 aromatic carbocycles. The predicted molar refractivity (Wildman–Crippen MR) is 49.6 cm³/mol. The molecule has 0 bridgehead atoms. The lowest BCUT2D eigenvalue weighted by atomic mass is 10.3. The van der Waals surface area contributed by atoms with Gasteiger partial charge in [-0.1, -0.05) is 0 Å². The van der Waals surface area contributed by atoms with Gasteiger partial charge in [-0.3, -0.25) is 4.57 Å². The number of carbonyl (C=O) groups is 1. The molecule has 1 aromatic heterocycles. The van der Waals surface area contributed by atoms with Crippen molar-refractivity contribution in [2.45, 2.75) is 13.0 Å². The second-order valence-electron chi connectivity index (χ2n) is 2.74. The first-order chi connectivity index (χ1) is 6.56. The van der Waals surface area contributed by atoms with Gasteiger partial charge in [-0.2, -0.15) is 4.98 Å². The fraction of sp³-hybridized carbons (Fsp3) is 0.375. The Morgan fingerprint density at radius 3 is 2.86 bits per heavy atom. The van der Waals surface area contributed by atoms with Gasteiger partial charge in [0.1, 0.15) is 11.9 Å². The van der Waals surface area contributed by atoms with Gasteiger partial charge < -0.3 is 10.5 Å². The van der Waals surface area contributed by atoms with Gasteiger partial charge in [0.05, 0.1) is 7.11 Å². The zero-order chi connectivity index (χ0) is 10.7. The second-order valence-corrected chi connectivity index (χ2v) is 2.74. The molecule has 0 spiro atoms. The van der Waals surface area contributed by atoms with Crippen LogP contribution in [-0.4, -0.2) is 22.6 Å². The van der Waals surface area contributed by atoms with Crippen molar-refractivity contribution in [2.75, 3.05) is 12.8 Å². The Morgan fingerprint density at radius 2 is 2.36 bits per heavy atom. The quantitative estimate of drug-likeness (QED) is 0.649. The van der Waals surface area contributed by atoms with Crippen molar-refractivity contribution in [1.82, 2.24) is 9.55 Å². The number of aromatic nitrogens is 2. The summed E-state index contributed by atoms with van der Waals surface area (Å²) in [5.41, 5.74) is 4.73. The van der Waals surface area contributed by atoms with Crippen molar-refractivity contribution in [3.63, 3.8) is 0 Å². The SMILES string of the molecule is COC(=O)C(C)n1ccc(N)nc1=O. The molecule has 14 heavy (non-hydrogen) atoms. The topological polar surface area (TPSA) is 87.2 Å². The normalized spacial score (nSPS) is 12.1. The molecule has 76 valence electrons. The van der Waals surface area contributed by atoms with Crippen molar-refractivity contribution in [3.05, 3.63) is 22.7 Å². The fourth-order valence-electron chi connectivity index (χ4n) is 1.00. The van der Waals surface area contributed by atoms with Gasteiger partial charge in [0.25, 0.3) is 0 Å². The lowest BCUT2D eigenvalue weighted by molar-refractivity contribution is -0.144. The third-order valence-corrected chi connectivity index (χ3v) is 1.81. The molecule has 1 atom stereocenters.